The van der Waals surface area contributed by atoms with Gasteiger partial charge in [-0.3, -0.25) is 0 Å². The highest BCUT2D eigenvalue weighted by atomic mass is 16.5. The first-order valence-corrected chi connectivity index (χ1v) is 5.19. The lowest BCUT2D eigenvalue weighted by atomic mass is 9.92. The van der Waals surface area contributed by atoms with Gasteiger partial charge in [-0.25, -0.2) is 0 Å². The van der Waals surface area contributed by atoms with Gasteiger partial charge in [-0.15, -0.1) is 0 Å². The van der Waals surface area contributed by atoms with Crippen LogP contribution in [0, 0.1) is 6.92 Å². The maximum Gasteiger partial charge on any atom is 0.0769 e. The predicted octanol–water partition coefficient (Wildman–Crippen LogP) is 2.30. The third kappa shape index (κ3) is 1.56. The molecule has 1 aliphatic heterocycles. The van der Waals surface area contributed by atoms with Crippen LogP contribution >= 0.6 is 0 Å². The molecule has 0 spiro atoms. The fraction of sp³-hybridized carbons (Fsp3) is 0.500. The van der Waals surface area contributed by atoms with E-state index in [4.69, 9.17) is 10.5 Å². The zero-order chi connectivity index (χ0) is 10.1. The van der Waals surface area contributed by atoms with Crippen LogP contribution in [-0.4, -0.2) is 6.10 Å². The summed E-state index contributed by atoms with van der Waals surface area (Å²) in [5, 5.41) is 0. The van der Waals surface area contributed by atoms with Crippen LogP contribution in [0.4, 0.5) is 0 Å². The topological polar surface area (TPSA) is 35.2 Å². The summed E-state index contributed by atoms with van der Waals surface area (Å²) >= 11 is 0. The molecule has 0 aromatic heterocycles. The minimum atomic E-state index is 0.0450. The third-order valence-electron chi connectivity index (χ3n) is 2.92. The van der Waals surface area contributed by atoms with Crippen molar-refractivity contribution in [3.05, 3.63) is 34.9 Å². The Morgan fingerprint density at radius 1 is 1.50 bits per heavy atom. The van der Waals surface area contributed by atoms with Crippen LogP contribution in [-0.2, 0) is 11.3 Å². The maximum atomic E-state index is 6.14. The molecule has 0 radical (unpaired) electrons. The molecule has 2 rings (SSSR count). The van der Waals surface area contributed by atoms with E-state index >= 15 is 0 Å². The molecule has 1 aliphatic rings. The van der Waals surface area contributed by atoms with Crippen molar-refractivity contribution in [3.63, 3.8) is 0 Å². The van der Waals surface area contributed by atoms with Crippen LogP contribution in [0.1, 0.15) is 36.1 Å². The number of benzene rings is 1. The summed E-state index contributed by atoms with van der Waals surface area (Å²) in [7, 11) is 0. The Morgan fingerprint density at radius 2 is 2.29 bits per heavy atom. The fourth-order valence-electron chi connectivity index (χ4n) is 2.03. The first-order valence-electron chi connectivity index (χ1n) is 5.19. The molecule has 76 valence electrons. The molecule has 2 heteroatoms. The molecule has 1 unspecified atom stereocenters. The monoisotopic (exact) mass is 191 g/mol. The fourth-order valence-corrected chi connectivity index (χ4v) is 2.03. The van der Waals surface area contributed by atoms with E-state index in [0.717, 1.165) is 6.42 Å². The van der Waals surface area contributed by atoms with Gasteiger partial charge >= 0.3 is 0 Å². The molecule has 0 fully saturated rings. The molecule has 0 saturated heterocycles. The Hall–Kier alpha value is -0.860. The normalized spacial score (nSPS) is 25.9. The quantitative estimate of drug-likeness (QED) is 0.739. The van der Waals surface area contributed by atoms with E-state index in [-0.39, 0.29) is 12.1 Å². The molecule has 0 amide bonds. The van der Waals surface area contributed by atoms with Gasteiger partial charge in [0.2, 0.25) is 0 Å². The lowest BCUT2D eigenvalue weighted by Crippen LogP contribution is -2.33. The van der Waals surface area contributed by atoms with Crippen LogP contribution in [0.5, 0.6) is 0 Å². The van der Waals surface area contributed by atoms with Crippen LogP contribution in [0.2, 0.25) is 0 Å². The number of nitrogens with two attached hydrogens (primary N) is 1. The highest BCUT2D eigenvalue weighted by Gasteiger charge is 2.25. The third-order valence-corrected chi connectivity index (χ3v) is 2.92. The first-order chi connectivity index (χ1) is 6.72. The Balaban J connectivity index is 2.38. The molecule has 2 atom stereocenters. The smallest absolute Gasteiger partial charge is 0.0769 e. The van der Waals surface area contributed by atoms with Crippen molar-refractivity contribution in [3.8, 4) is 0 Å². The Labute approximate surface area is 85.1 Å². The maximum absolute atomic E-state index is 6.14. The molecule has 0 saturated carbocycles. The Morgan fingerprint density at radius 3 is 3.00 bits per heavy atom. The van der Waals surface area contributed by atoms with Crippen LogP contribution in [0.3, 0.4) is 0 Å². The Bertz CT molecular complexity index is 335. The van der Waals surface area contributed by atoms with E-state index in [0.29, 0.717) is 6.61 Å². The second kappa shape index (κ2) is 3.71. The zero-order valence-electron chi connectivity index (χ0n) is 8.79. The van der Waals surface area contributed by atoms with Crippen molar-refractivity contribution >= 4 is 0 Å². The number of hydrogen-bond acceptors (Lipinski definition) is 2. The number of ether oxygens (including phenoxy) is 1. The van der Waals surface area contributed by atoms with E-state index in [1.54, 1.807) is 0 Å². The van der Waals surface area contributed by atoms with Crippen LogP contribution in [0.25, 0.3) is 0 Å². The molecule has 1 aromatic rings. The standard InChI is InChI=1S/C12H17NO/c1-3-11-12(13)10-6-8(2)4-5-9(10)7-14-11/h4-6,11-12H,3,7,13H2,1-2H3/t11-,12?/m1/s1. The highest BCUT2D eigenvalue weighted by molar-refractivity contribution is 5.35. The van der Waals surface area contributed by atoms with Gasteiger partial charge in [-0.05, 0) is 24.5 Å². The lowest BCUT2D eigenvalue weighted by Gasteiger charge is -2.30. The van der Waals surface area contributed by atoms with Crippen molar-refractivity contribution < 1.29 is 4.74 Å². The Kier molecular flexibility index (Phi) is 2.57. The summed E-state index contributed by atoms with van der Waals surface area (Å²) < 4.78 is 5.68. The number of rotatable bonds is 1. The second-order valence-electron chi connectivity index (χ2n) is 3.99. The van der Waals surface area contributed by atoms with Gasteiger partial charge in [0.1, 0.15) is 0 Å². The van der Waals surface area contributed by atoms with Gasteiger partial charge in [-0.2, -0.15) is 0 Å². The van der Waals surface area contributed by atoms with Gasteiger partial charge in [0.05, 0.1) is 18.8 Å². The summed E-state index contributed by atoms with van der Waals surface area (Å²) in [5.41, 5.74) is 9.93. The first kappa shape index (κ1) is 9.69. The highest BCUT2D eigenvalue weighted by Crippen LogP contribution is 2.29. The van der Waals surface area contributed by atoms with E-state index in [1.807, 2.05) is 0 Å². The van der Waals surface area contributed by atoms with Crippen molar-refractivity contribution in [2.24, 2.45) is 5.73 Å². The van der Waals surface area contributed by atoms with Crippen LogP contribution < -0.4 is 5.73 Å². The minimum Gasteiger partial charge on any atom is -0.372 e. The molecular formula is C12H17NO. The van der Waals surface area contributed by atoms with E-state index in [1.165, 1.54) is 16.7 Å². The molecule has 2 N–H and O–H groups in total. The molecule has 0 aliphatic carbocycles. The van der Waals surface area contributed by atoms with E-state index in [2.05, 4.69) is 32.0 Å². The van der Waals surface area contributed by atoms with Crippen molar-refractivity contribution in [2.45, 2.75) is 39.0 Å². The second-order valence-corrected chi connectivity index (χ2v) is 3.99. The lowest BCUT2D eigenvalue weighted by molar-refractivity contribution is 0.00678. The molecular weight excluding hydrogens is 174 g/mol. The molecule has 2 nitrogen and oxygen atoms in total. The van der Waals surface area contributed by atoms with E-state index < -0.39 is 0 Å². The number of hydrogen-bond donors (Lipinski definition) is 1. The summed E-state index contributed by atoms with van der Waals surface area (Å²) in [4.78, 5) is 0. The number of aryl methyl sites for hydroxylation is 1. The number of fused-ring (bicyclic) bond motifs is 1. The summed E-state index contributed by atoms with van der Waals surface area (Å²) in [6.45, 7) is 4.93. The van der Waals surface area contributed by atoms with Crippen molar-refractivity contribution in [1.82, 2.24) is 0 Å². The molecule has 0 bridgehead atoms. The largest absolute Gasteiger partial charge is 0.372 e. The van der Waals surface area contributed by atoms with Crippen molar-refractivity contribution in [2.75, 3.05) is 0 Å². The summed E-state index contributed by atoms with van der Waals surface area (Å²) in [6, 6.07) is 6.46. The van der Waals surface area contributed by atoms with Gasteiger partial charge in [0.15, 0.2) is 0 Å². The van der Waals surface area contributed by atoms with Crippen molar-refractivity contribution in [1.29, 1.82) is 0 Å². The molecule has 1 aromatic carbocycles. The molecule has 14 heavy (non-hydrogen) atoms. The van der Waals surface area contributed by atoms with Crippen LogP contribution in [0.15, 0.2) is 18.2 Å². The van der Waals surface area contributed by atoms with E-state index in [9.17, 15) is 0 Å². The zero-order valence-corrected chi connectivity index (χ0v) is 8.79. The van der Waals surface area contributed by atoms with Gasteiger partial charge < -0.3 is 10.5 Å². The van der Waals surface area contributed by atoms with Gasteiger partial charge in [0, 0.05) is 0 Å². The molecule has 1 heterocycles. The SMILES string of the molecule is CC[C@H]1OCc2ccc(C)cc2C1N. The predicted molar refractivity (Wildman–Crippen MR) is 57.0 cm³/mol. The summed E-state index contributed by atoms with van der Waals surface area (Å²) in [5.74, 6) is 0. The summed E-state index contributed by atoms with van der Waals surface area (Å²) in [6.07, 6.45) is 1.17. The average molecular weight is 191 g/mol. The minimum absolute atomic E-state index is 0.0450. The average Bonchev–Trinajstić information content (AvgIpc) is 2.20. The van der Waals surface area contributed by atoms with Gasteiger partial charge in [0.25, 0.3) is 0 Å². The van der Waals surface area contributed by atoms with Gasteiger partial charge in [-0.1, -0.05) is 30.7 Å².